The van der Waals surface area contributed by atoms with Gasteiger partial charge in [0.25, 0.3) is 0 Å². The molecular weight excluding hydrogens is 359 g/mol. The Morgan fingerprint density at radius 1 is 0.926 bits per heavy atom. The monoisotopic (exact) mass is 379 g/mol. The van der Waals surface area contributed by atoms with E-state index in [1.165, 1.54) is 19.1 Å². The van der Waals surface area contributed by atoms with Crippen LogP contribution in [0.4, 0.5) is 30.2 Å². The Morgan fingerprint density at radius 3 is 1.89 bits per heavy atom. The van der Waals surface area contributed by atoms with Gasteiger partial charge < -0.3 is 15.1 Å². The fraction of sp³-hybridized carbons (Fsp3) is 0.263. The van der Waals surface area contributed by atoms with Gasteiger partial charge in [-0.25, -0.2) is 0 Å². The van der Waals surface area contributed by atoms with Gasteiger partial charge >= 0.3 is 6.18 Å². The maximum atomic E-state index is 12.7. The summed E-state index contributed by atoms with van der Waals surface area (Å²) in [5.41, 5.74) is 0.915. The summed E-state index contributed by atoms with van der Waals surface area (Å²) in [5.74, 6) is -0.907. The number of nitrogens with zero attached hydrogens (tertiary/aromatic N) is 2. The number of amides is 2. The third-order valence-electron chi connectivity index (χ3n) is 3.86. The van der Waals surface area contributed by atoms with Crippen molar-refractivity contribution in [3.8, 4) is 0 Å². The number of halogens is 3. The smallest absolute Gasteiger partial charge is 0.378 e. The third-order valence-corrected chi connectivity index (χ3v) is 3.86. The van der Waals surface area contributed by atoms with Gasteiger partial charge in [0.2, 0.25) is 11.8 Å². The van der Waals surface area contributed by atoms with Crippen molar-refractivity contribution in [3.05, 3.63) is 54.1 Å². The van der Waals surface area contributed by atoms with Gasteiger partial charge in [-0.2, -0.15) is 13.2 Å². The zero-order valence-corrected chi connectivity index (χ0v) is 15.2. The van der Waals surface area contributed by atoms with E-state index in [9.17, 15) is 22.8 Å². The standard InChI is InChI=1S/C19H20F3N3O2/c1-13(26)25(17-8-4-14(5-9-17)19(20,21)22)12-18(27)23-15-6-10-16(11-7-15)24(2)3/h4-11H,12H2,1-3H3,(H,23,27). The first kappa shape index (κ1) is 20.3. The molecule has 8 heteroatoms. The van der Waals surface area contributed by atoms with Crippen LogP contribution >= 0.6 is 0 Å². The first-order valence-electron chi connectivity index (χ1n) is 8.10. The van der Waals surface area contributed by atoms with Crippen LogP contribution in [-0.4, -0.2) is 32.5 Å². The number of hydrogen-bond acceptors (Lipinski definition) is 3. The lowest BCUT2D eigenvalue weighted by atomic mass is 10.2. The minimum Gasteiger partial charge on any atom is -0.378 e. The maximum Gasteiger partial charge on any atom is 0.416 e. The average molecular weight is 379 g/mol. The predicted octanol–water partition coefficient (Wildman–Crippen LogP) is 3.76. The molecule has 2 rings (SSSR count). The molecule has 2 amide bonds. The van der Waals surface area contributed by atoms with Crippen LogP contribution in [0, 0.1) is 0 Å². The van der Waals surface area contributed by atoms with E-state index in [1.807, 2.05) is 31.1 Å². The van der Waals surface area contributed by atoms with E-state index < -0.39 is 23.6 Å². The molecule has 0 aromatic heterocycles. The van der Waals surface area contributed by atoms with E-state index in [0.29, 0.717) is 5.69 Å². The van der Waals surface area contributed by atoms with Crippen LogP contribution < -0.4 is 15.1 Å². The van der Waals surface area contributed by atoms with Crippen LogP contribution in [0.1, 0.15) is 12.5 Å². The van der Waals surface area contributed by atoms with Gasteiger partial charge in [0.1, 0.15) is 6.54 Å². The van der Waals surface area contributed by atoms with Crippen molar-refractivity contribution >= 4 is 28.9 Å². The molecule has 0 radical (unpaired) electrons. The molecule has 27 heavy (non-hydrogen) atoms. The highest BCUT2D eigenvalue weighted by Gasteiger charge is 2.30. The summed E-state index contributed by atoms with van der Waals surface area (Å²) >= 11 is 0. The SMILES string of the molecule is CC(=O)N(CC(=O)Nc1ccc(N(C)C)cc1)c1ccc(C(F)(F)F)cc1. The lowest BCUT2D eigenvalue weighted by molar-refractivity contribution is -0.137. The van der Waals surface area contributed by atoms with Crippen molar-refractivity contribution in [1.82, 2.24) is 0 Å². The van der Waals surface area contributed by atoms with Crippen molar-refractivity contribution in [2.75, 3.05) is 35.8 Å². The molecule has 2 aromatic rings. The highest BCUT2D eigenvalue weighted by Crippen LogP contribution is 2.30. The largest absolute Gasteiger partial charge is 0.416 e. The summed E-state index contributed by atoms with van der Waals surface area (Å²) < 4.78 is 38.0. The Hall–Kier alpha value is -3.03. The van der Waals surface area contributed by atoms with Gasteiger partial charge in [0, 0.05) is 38.1 Å². The number of hydrogen-bond donors (Lipinski definition) is 1. The second kappa shape index (κ2) is 8.11. The minimum atomic E-state index is -4.46. The Morgan fingerprint density at radius 2 is 1.44 bits per heavy atom. The molecule has 0 aliphatic carbocycles. The van der Waals surface area contributed by atoms with Gasteiger partial charge in [0.15, 0.2) is 0 Å². The number of rotatable bonds is 5. The van der Waals surface area contributed by atoms with Crippen LogP contribution in [0.3, 0.4) is 0 Å². The zero-order valence-electron chi connectivity index (χ0n) is 15.2. The second-order valence-corrected chi connectivity index (χ2v) is 6.14. The number of alkyl halides is 3. The molecule has 0 unspecified atom stereocenters. The topological polar surface area (TPSA) is 52.7 Å². The fourth-order valence-corrected chi connectivity index (χ4v) is 2.40. The first-order chi connectivity index (χ1) is 12.6. The van der Waals surface area contributed by atoms with E-state index in [2.05, 4.69) is 5.32 Å². The van der Waals surface area contributed by atoms with Gasteiger partial charge in [-0.15, -0.1) is 0 Å². The van der Waals surface area contributed by atoms with Crippen LogP contribution in [0.25, 0.3) is 0 Å². The summed E-state index contributed by atoms with van der Waals surface area (Å²) in [4.78, 5) is 27.1. The summed E-state index contributed by atoms with van der Waals surface area (Å²) in [6.07, 6.45) is -4.46. The zero-order chi connectivity index (χ0) is 20.2. The molecule has 144 valence electrons. The average Bonchev–Trinajstić information content (AvgIpc) is 2.59. The summed E-state index contributed by atoms with van der Waals surface area (Å²) in [5, 5.41) is 2.67. The Labute approximate surface area is 155 Å². The molecular formula is C19H20F3N3O2. The number of benzene rings is 2. The Kier molecular flexibility index (Phi) is 6.09. The Bertz CT molecular complexity index is 800. The molecule has 0 bridgehead atoms. The lowest BCUT2D eigenvalue weighted by Crippen LogP contribution is -2.36. The summed E-state index contributed by atoms with van der Waals surface area (Å²) in [7, 11) is 3.78. The van der Waals surface area contributed by atoms with Crippen molar-refractivity contribution in [2.24, 2.45) is 0 Å². The number of carbonyl (C=O) groups is 2. The molecule has 0 saturated heterocycles. The highest BCUT2D eigenvalue weighted by atomic mass is 19.4. The molecule has 0 aliphatic heterocycles. The number of nitrogens with one attached hydrogen (secondary N) is 1. The molecule has 5 nitrogen and oxygen atoms in total. The molecule has 2 aromatic carbocycles. The lowest BCUT2D eigenvalue weighted by Gasteiger charge is -2.21. The van der Waals surface area contributed by atoms with Crippen molar-refractivity contribution in [3.63, 3.8) is 0 Å². The van der Waals surface area contributed by atoms with E-state index in [1.54, 1.807) is 12.1 Å². The molecule has 0 aliphatic rings. The minimum absolute atomic E-state index is 0.216. The van der Waals surface area contributed by atoms with Gasteiger partial charge in [-0.05, 0) is 48.5 Å². The van der Waals surface area contributed by atoms with Crippen molar-refractivity contribution < 1.29 is 22.8 Å². The van der Waals surface area contributed by atoms with E-state index in [4.69, 9.17) is 0 Å². The Balaban J connectivity index is 2.09. The molecule has 0 fully saturated rings. The number of carbonyl (C=O) groups excluding carboxylic acids is 2. The normalized spacial score (nSPS) is 11.0. The molecule has 1 N–H and O–H groups in total. The predicted molar refractivity (Wildman–Crippen MR) is 98.9 cm³/mol. The van der Waals surface area contributed by atoms with E-state index in [0.717, 1.165) is 22.7 Å². The summed E-state index contributed by atoms with van der Waals surface area (Å²) in [6, 6.07) is 11.2. The first-order valence-corrected chi connectivity index (χ1v) is 8.10. The van der Waals surface area contributed by atoms with E-state index in [-0.39, 0.29) is 12.2 Å². The molecule has 0 atom stereocenters. The molecule has 0 spiro atoms. The van der Waals surface area contributed by atoms with Gasteiger partial charge in [-0.1, -0.05) is 0 Å². The molecule has 0 saturated carbocycles. The quantitative estimate of drug-likeness (QED) is 0.861. The maximum absolute atomic E-state index is 12.7. The van der Waals surface area contributed by atoms with E-state index >= 15 is 0 Å². The molecule has 0 heterocycles. The second-order valence-electron chi connectivity index (χ2n) is 6.14. The van der Waals surface area contributed by atoms with Crippen LogP contribution in [0.5, 0.6) is 0 Å². The van der Waals surface area contributed by atoms with Crippen molar-refractivity contribution in [1.29, 1.82) is 0 Å². The van der Waals surface area contributed by atoms with Crippen LogP contribution in [0.2, 0.25) is 0 Å². The fourth-order valence-electron chi connectivity index (χ4n) is 2.40. The van der Waals surface area contributed by atoms with Gasteiger partial charge in [-0.3, -0.25) is 9.59 Å². The van der Waals surface area contributed by atoms with Crippen molar-refractivity contribution in [2.45, 2.75) is 13.1 Å². The van der Waals surface area contributed by atoms with Crippen LogP contribution in [0.15, 0.2) is 48.5 Å². The van der Waals surface area contributed by atoms with Gasteiger partial charge in [0.05, 0.1) is 5.56 Å². The summed E-state index contributed by atoms with van der Waals surface area (Å²) in [6.45, 7) is 0.937. The van der Waals surface area contributed by atoms with Crippen LogP contribution in [-0.2, 0) is 15.8 Å². The number of anilines is 3. The highest BCUT2D eigenvalue weighted by molar-refractivity contribution is 6.01. The third kappa shape index (κ3) is 5.47.